The summed E-state index contributed by atoms with van der Waals surface area (Å²) in [6, 6.07) is 7.66. The lowest BCUT2D eigenvalue weighted by Gasteiger charge is -2.38. The molecule has 1 amide bonds. The molecule has 11 heteroatoms. The van der Waals surface area contributed by atoms with Crippen molar-refractivity contribution < 1.29 is 37.3 Å². The van der Waals surface area contributed by atoms with Crippen LogP contribution in [0.3, 0.4) is 0 Å². The number of hydrogen-bond donors (Lipinski definition) is 1. The minimum absolute atomic E-state index is 0.0249. The number of alkyl halides is 3. The van der Waals surface area contributed by atoms with Crippen molar-refractivity contribution >= 4 is 23.2 Å². The first kappa shape index (κ1) is 22.0. The van der Waals surface area contributed by atoms with E-state index in [2.05, 4.69) is 4.98 Å². The highest BCUT2D eigenvalue weighted by molar-refractivity contribution is 7.12. The Labute approximate surface area is 174 Å². The second-order valence-electron chi connectivity index (χ2n) is 6.60. The zero-order valence-corrected chi connectivity index (χ0v) is 16.4. The lowest BCUT2D eigenvalue weighted by atomic mass is 10.1. The van der Waals surface area contributed by atoms with Gasteiger partial charge in [-0.15, -0.1) is 11.3 Å². The minimum atomic E-state index is -5.08. The van der Waals surface area contributed by atoms with Gasteiger partial charge in [-0.25, -0.2) is 4.79 Å². The number of hydrogen-bond acceptors (Lipinski definition) is 6. The molecule has 0 unspecified atom stereocenters. The molecule has 1 aliphatic carbocycles. The summed E-state index contributed by atoms with van der Waals surface area (Å²) in [5, 5.41) is 9.06. The van der Waals surface area contributed by atoms with E-state index in [-0.39, 0.29) is 24.2 Å². The summed E-state index contributed by atoms with van der Waals surface area (Å²) < 4.78 is 43.7. The molecular weight excluding hydrogens is 425 g/mol. The number of carboxylic acid groups (broad SMARTS) is 1. The fourth-order valence-electron chi connectivity index (χ4n) is 3.43. The van der Waals surface area contributed by atoms with Crippen LogP contribution in [-0.2, 0) is 9.53 Å². The number of nitrogens with zero attached hydrogens (tertiary/aromatic N) is 2. The van der Waals surface area contributed by atoms with E-state index in [1.165, 1.54) is 11.3 Å². The molecule has 162 valence electrons. The predicted octanol–water partition coefficient (Wildman–Crippen LogP) is 3.23. The summed E-state index contributed by atoms with van der Waals surface area (Å²) >= 11 is 1.49. The lowest BCUT2D eigenvalue weighted by molar-refractivity contribution is -0.192. The number of amides is 1. The summed E-state index contributed by atoms with van der Waals surface area (Å²) in [4.78, 5) is 28.4. The van der Waals surface area contributed by atoms with E-state index in [0.717, 1.165) is 23.5 Å². The molecule has 0 spiro atoms. The molecule has 3 atom stereocenters. The number of carbonyl (C=O) groups is 2. The van der Waals surface area contributed by atoms with Gasteiger partial charge in [0.2, 0.25) is 0 Å². The number of carbonyl (C=O) groups excluding carboxylic acids is 1. The van der Waals surface area contributed by atoms with Gasteiger partial charge in [0.1, 0.15) is 18.0 Å². The monoisotopic (exact) mass is 444 g/mol. The van der Waals surface area contributed by atoms with Crippen LogP contribution in [0.25, 0.3) is 0 Å². The third kappa shape index (κ3) is 5.28. The highest BCUT2D eigenvalue weighted by Gasteiger charge is 2.46. The maximum atomic E-state index is 12.7. The quantitative estimate of drug-likeness (QED) is 0.782. The average Bonchev–Trinajstić information content (AvgIpc) is 3.38. The van der Waals surface area contributed by atoms with Crippen LogP contribution in [0.4, 0.5) is 13.2 Å². The number of morpholine rings is 1. The van der Waals surface area contributed by atoms with E-state index in [4.69, 9.17) is 19.4 Å². The van der Waals surface area contributed by atoms with Crippen LogP contribution in [0.1, 0.15) is 22.5 Å². The standard InChI is InChI=1S/C17H18N2O3S.C2HF3O2/c20-17(15-4-2-10-23-15)19-8-9-21-16-13(19)5-6-14(16)22-12-3-1-7-18-11-12;3-2(4,5)1(6)7/h1-4,7,10-11,13-14,16H,5-6,8-9H2;(H,6,7)/t13-,14+,16+;/m0./s1. The molecule has 7 nitrogen and oxygen atoms in total. The van der Waals surface area contributed by atoms with Gasteiger partial charge < -0.3 is 19.5 Å². The van der Waals surface area contributed by atoms with Crippen molar-refractivity contribution in [2.45, 2.75) is 37.3 Å². The number of aromatic nitrogens is 1. The van der Waals surface area contributed by atoms with E-state index in [0.29, 0.717) is 13.2 Å². The Kier molecular flexibility index (Phi) is 6.93. The van der Waals surface area contributed by atoms with Gasteiger partial charge in [0, 0.05) is 12.7 Å². The fourth-order valence-corrected chi connectivity index (χ4v) is 4.11. The van der Waals surface area contributed by atoms with Gasteiger partial charge in [0.25, 0.3) is 5.91 Å². The van der Waals surface area contributed by atoms with Crippen molar-refractivity contribution in [3.63, 3.8) is 0 Å². The second kappa shape index (κ2) is 9.43. The molecule has 2 fully saturated rings. The first-order chi connectivity index (χ1) is 14.3. The summed E-state index contributed by atoms with van der Waals surface area (Å²) in [5.74, 6) is -1.89. The first-order valence-electron chi connectivity index (χ1n) is 9.10. The number of pyridine rings is 1. The molecule has 1 N–H and O–H groups in total. The normalized spacial score (nSPS) is 23.2. The summed E-state index contributed by atoms with van der Waals surface area (Å²) in [7, 11) is 0. The molecule has 0 radical (unpaired) electrons. The van der Waals surface area contributed by atoms with Crippen molar-refractivity contribution in [1.82, 2.24) is 9.88 Å². The molecular formula is C19H19F3N2O5S. The van der Waals surface area contributed by atoms with E-state index < -0.39 is 12.1 Å². The van der Waals surface area contributed by atoms with Crippen LogP contribution in [0.15, 0.2) is 42.0 Å². The van der Waals surface area contributed by atoms with Gasteiger partial charge in [-0.2, -0.15) is 13.2 Å². The van der Waals surface area contributed by atoms with Gasteiger partial charge in [0.15, 0.2) is 0 Å². The molecule has 4 rings (SSSR count). The number of carboxylic acids is 1. The second-order valence-corrected chi connectivity index (χ2v) is 7.55. The smallest absolute Gasteiger partial charge is 0.486 e. The number of fused-ring (bicyclic) bond motifs is 1. The van der Waals surface area contributed by atoms with Crippen LogP contribution < -0.4 is 4.74 Å². The molecule has 2 aromatic rings. The van der Waals surface area contributed by atoms with Crippen LogP contribution in [0.2, 0.25) is 0 Å². The fraction of sp³-hybridized carbons (Fsp3) is 0.421. The molecule has 3 heterocycles. The highest BCUT2D eigenvalue weighted by atomic mass is 32.1. The van der Waals surface area contributed by atoms with Crippen molar-refractivity contribution in [1.29, 1.82) is 0 Å². The Bertz CT molecular complexity index is 848. The van der Waals surface area contributed by atoms with E-state index in [9.17, 15) is 18.0 Å². The molecule has 2 aromatic heterocycles. The van der Waals surface area contributed by atoms with Crippen LogP contribution in [-0.4, -0.2) is 64.4 Å². The largest absolute Gasteiger partial charge is 0.490 e. The summed E-state index contributed by atoms with van der Waals surface area (Å²) in [6.45, 7) is 1.21. The molecule has 0 bridgehead atoms. The highest BCUT2D eigenvalue weighted by Crippen LogP contribution is 2.34. The zero-order valence-electron chi connectivity index (χ0n) is 15.6. The molecule has 1 aliphatic heterocycles. The third-order valence-electron chi connectivity index (χ3n) is 4.69. The van der Waals surface area contributed by atoms with Crippen molar-refractivity contribution in [3.8, 4) is 5.75 Å². The zero-order chi connectivity index (χ0) is 21.7. The van der Waals surface area contributed by atoms with Crippen LogP contribution in [0.5, 0.6) is 5.75 Å². The molecule has 0 aromatic carbocycles. The van der Waals surface area contributed by atoms with E-state index in [1.54, 1.807) is 12.4 Å². The molecule has 2 aliphatic rings. The summed E-state index contributed by atoms with van der Waals surface area (Å²) in [6.07, 6.45) is 0.0645. The summed E-state index contributed by atoms with van der Waals surface area (Å²) in [5.41, 5.74) is 0. The maximum absolute atomic E-state index is 12.7. The average molecular weight is 444 g/mol. The number of rotatable bonds is 3. The predicted molar refractivity (Wildman–Crippen MR) is 100 cm³/mol. The molecule has 1 saturated heterocycles. The van der Waals surface area contributed by atoms with Crippen LogP contribution >= 0.6 is 11.3 Å². The van der Waals surface area contributed by atoms with Gasteiger partial charge in [-0.05, 0) is 36.4 Å². The Morgan fingerprint density at radius 1 is 1.27 bits per heavy atom. The van der Waals surface area contributed by atoms with E-state index >= 15 is 0 Å². The topological polar surface area (TPSA) is 89.0 Å². The van der Waals surface area contributed by atoms with E-state index in [1.807, 2.05) is 34.5 Å². The molecule has 30 heavy (non-hydrogen) atoms. The Hall–Kier alpha value is -2.66. The number of halogens is 3. The van der Waals surface area contributed by atoms with Crippen LogP contribution in [0, 0.1) is 0 Å². The first-order valence-corrected chi connectivity index (χ1v) is 9.98. The van der Waals surface area contributed by atoms with Gasteiger partial charge in [-0.1, -0.05) is 6.07 Å². The Morgan fingerprint density at radius 3 is 2.63 bits per heavy atom. The minimum Gasteiger partial charge on any atom is -0.486 e. The Balaban J connectivity index is 0.000000318. The van der Waals surface area contributed by atoms with Crippen molar-refractivity contribution in [2.75, 3.05) is 13.2 Å². The lowest BCUT2D eigenvalue weighted by Crippen LogP contribution is -2.54. The maximum Gasteiger partial charge on any atom is 0.490 e. The van der Waals surface area contributed by atoms with Crippen molar-refractivity contribution in [2.24, 2.45) is 0 Å². The number of ether oxygens (including phenoxy) is 2. The third-order valence-corrected chi connectivity index (χ3v) is 5.55. The van der Waals surface area contributed by atoms with Gasteiger partial charge in [0.05, 0.1) is 23.7 Å². The van der Waals surface area contributed by atoms with Crippen molar-refractivity contribution in [3.05, 3.63) is 46.9 Å². The van der Waals surface area contributed by atoms with Gasteiger partial charge >= 0.3 is 12.1 Å². The molecule has 1 saturated carbocycles. The SMILES string of the molecule is O=C(O)C(F)(F)F.O=C(c1cccs1)N1CCO[C@H]2[C@H](Oc3cccnc3)CC[C@@H]21. The number of aliphatic carboxylic acids is 1. The number of thiophene rings is 1. The van der Waals surface area contributed by atoms with Gasteiger partial charge in [-0.3, -0.25) is 9.78 Å². The Morgan fingerprint density at radius 2 is 2.03 bits per heavy atom.